The van der Waals surface area contributed by atoms with Crippen molar-refractivity contribution in [2.45, 2.75) is 18.6 Å². The lowest BCUT2D eigenvalue weighted by Gasteiger charge is -2.13. The van der Waals surface area contributed by atoms with Gasteiger partial charge < -0.3 is 15.2 Å². The van der Waals surface area contributed by atoms with Crippen LogP contribution in [0.1, 0.15) is 21.8 Å². The van der Waals surface area contributed by atoms with E-state index in [9.17, 15) is 23.1 Å². The van der Waals surface area contributed by atoms with Crippen LogP contribution in [0.3, 0.4) is 0 Å². The normalized spacial score (nSPS) is 15.5. The van der Waals surface area contributed by atoms with E-state index in [1.54, 1.807) is 6.07 Å². The third-order valence-electron chi connectivity index (χ3n) is 4.79. The number of anilines is 1. The average Bonchev–Trinajstić information content (AvgIpc) is 3.31. The summed E-state index contributed by atoms with van der Waals surface area (Å²) in [5.41, 5.74) is 2.77. The minimum Gasteiger partial charge on any atom is -0.493 e. The number of halogens is 3. The first-order chi connectivity index (χ1) is 14.3. The number of hydrogen-bond acceptors (Lipinski definition) is 5. The molecule has 0 spiro atoms. The van der Waals surface area contributed by atoms with Crippen LogP contribution in [-0.2, 0) is 6.54 Å². The van der Waals surface area contributed by atoms with Crippen molar-refractivity contribution >= 4 is 11.7 Å². The molecule has 0 unspecified atom stereocenters. The van der Waals surface area contributed by atoms with Crippen LogP contribution in [0.4, 0.5) is 18.9 Å². The van der Waals surface area contributed by atoms with Gasteiger partial charge in [-0.15, -0.1) is 0 Å². The molecule has 3 heterocycles. The first-order valence-electron chi connectivity index (χ1n) is 9.07. The van der Waals surface area contributed by atoms with Gasteiger partial charge in [0.05, 0.1) is 30.3 Å². The second kappa shape index (κ2) is 7.69. The highest BCUT2D eigenvalue weighted by Gasteiger charge is 2.29. The molecular formula is C20H17F3N4O3. The van der Waals surface area contributed by atoms with Crippen LogP contribution in [0.2, 0.25) is 0 Å². The summed E-state index contributed by atoms with van der Waals surface area (Å²) in [6.45, 7) is -0.293. The number of fused-ring (bicyclic) bond motifs is 1. The second-order valence-corrected chi connectivity index (χ2v) is 6.91. The maximum absolute atomic E-state index is 12.5. The molecular weight excluding hydrogens is 401 g/mol. The molecule has 4 rings (SSSR count). The van der Waals surface area contributed by atoms with Gasteiger partial charge in [0.1, 0.15) is 12.3 Å². The number of benzene rings is 1. The van der Waals surface area contributed by atoms with Crippen molar-refractivity contribution in [3.05, 3.63) is 60.2 Å². The quantitative estimate of drug-likeness (QED) is 0.633. The van der Waals surface area contributed by atoms with Crippen molar-refractivity contribution in [3.8, 4) is 16.9 Å². The molecule has 1 aliphatic heterocycles. The molecule has 156 valence electrons. The van der Waals surface area contributed by atoms with Gasteiger partial charge in [-0.05, 0) is 17.7 Å². The zero-order valence-corrected chi connectivity index (χ0v) is 15.6. The topological polar surface area (TPSA) is 89.3 Å². The minimum absolute atomic E-state index is 0.0103. The summed E-state index contributed by atoms with van der Waals surface area (Å²) in [7, 11) is 0. The van der Waals surface area contributed by atoms with Gasteiger partial charge >= 0.3 is 12.1 Å². The predicted molar refractivity (Wildman–Crippen MR) is 102 cm³/mol. The van der Waals surface area contributed by atoms with Crippen molar-refractivity contribution in [1.29, 1.82) is 0 Å². The summed E-state index contributed by atoms with van der Waals surface area (Å²) in [5.74, 6) is -0.407. The fraction of sp³-hybridized carbons (Fsp3) is 0.250. The fourth-order valence-corrected chi connectivity index (χ4v) is 3.36. The molecule has 0 bridgehead atoms. The fourth-order valence-electron chi connectivity index (χ4n) is 3.36. The SMILES string of the molecule is O=C(O)c1ccncc1NC[C@H]1COc2cc(-c3cnn(CC(F)(F)F)c3)ccc21. The highest BCUT2D eigenvalue weighted by Crippen LogP contribution is 2.37. The van der Waals surface area contributed by atoms with Crippen LogP contribution < -0.4 is 10.1 Å². The monoisotopic (exact) mass is 418 g/mol. The predicted octanol–water partition coefficient (Wildman–Crippen LogP) is 3.79. The Hall–Kier alpha value is -3.56. The maximum atomic E-state index is 12.5. The molecule has 2 aromatic heterocycles. The average molecular weight is 418 g/mol. The molecule has 0 saturated carbocycles. The van der Waals surface area contributed by atoms with Crippen molar-refractivity contribution < 1.29 is 27.8 Å². The Morgan fingerprint density at radius 2 is 2.10 bits per heavy atom. The molecule has 0 saturated heterocycles. The first kappa shape index (κ1) is 19.7. The number of carboxylic acids is 1. The Balaban J connectivity index is 1.47. The standard InChI is InChI=1S/C20H17F3N4O3/c21-20(22,23)11-27-9-13(7-26-27)12-1-2-15-14(10-30-18(15)5-12)6-25-17-8-24-4-3-16(17)19(28)29/h1-5,7-9,14,25H,6,10-11H2,(H,28,29)/t14-/m0/s1. The Morgan fingerprint density at radius 1 is 1.27 bits per heavy atom. The van der Waals surface area contributed by atoms with Crippen LogP contribution in [0.5, 0.6) is 5.75 Å². The zero-order chi connectivity index (χ0) is 21.3. The van der Waals surface area contributed by atoms with Crippen molar-refractivity contribution in [1.82, 2.24) is 14.8 Å². The number of carbonyl (C=O) groups is 1. The van der Waals surface area contributed by atoms with E-state index >= 15 is 0 Å². The first-order valence-corrected chi connectivity index (χ1v) is 9.07. The van der Waals surface area contributed by atoms with Crippen LogP contribution >= 0.6 is 0 Å². The van der Waals surface area contributed by atoms with E-state index in [-0.39, 0.29) is 11.5 Å². The van der Waals surface area contributed by atoms with E-state index in [1.165, 1.54) is 30.9 Å². The number of aromatic nitrogens is 3. The largest absolute Gasteiger partial charge is 0.493 e. The van der Waals surface area contributed by atoms with Gasteiger partial charge in [0.25, 0.3) is 0 Å². The highest BCUT2D eigenvalue weighted by atomic mass is 19.4. The number of nitrogens with one attached hydrogen (secondary N) is 1. The number of alkyl halides is 3. The third-order valence-corrected chi connectivity index (χ3v) is 4.79. The van der Waals surface area contributed by atoms with E-state index in [4.69, 9.17) is 4.74 Å². The smallest absolute Gasteiger partial charge is 0.408 e. The van der Waals surface area contributed by atoms with Gasteiger partial charge in [0, 0.05) is 36.0 Å². The van der Waals surface area contributed by atoms with Crippen LogP contribution in [-0.4, -0.2) is 45.2 Å². The maximum Gasteiger partial charge on any atom is 0.408 e. The molecule has 7 nitrogen and oxygen atoms in total. The molecule has 2 N–H and O–H groups in total. The van der Waals surface area contributed by atoms with E-state index < -0.39 is 18.7 Å². The molecule has 0 amide bonds. The zero-order valence-electron chi connectivity index (χ0n) is 15.6. The molecule has 10 heteroatoms. The Morgan fingerprint density at radius 3 is 2.87 bits per heavy atom. The van der Waals surface area contributed by atoms with Crippen molar-refractivity contribution in [2.24, 2.45) is 0 Å². The number of rotatable bonds is 6. The molecule has 3 aromatic rings. The summed E-state index contributed by atoms with van der Waals surface area (Å²) in [4.78, 5) is 15.3. The van der Waals surface area contributed by atoms with Gasteiger partial charge in [-0.25, -0.2) is 4.79 Å². The molecule has 0 radical (unpaired) electrons. The summed E-state index contributed by atoms with van der Waals surface area (Å²) < 4.78 is 44.2. The van der Waals surface area contributed by atoms with Crippen LogP contribution in [0, 0.1) is 0 Å². The molecule has 1 atom stereocenters. The van der Waals surface area contributed by atoms with Gasteiger partial charge in [-0.2, -0.15) is 18.3 Å². The lowest BCUT2D eigenvalue weighted by Crippen LogP contribution is -2.17. The molecule has 1 aromatic carbocycles. The molecule has 1 aliphatic rings. The number of hydrogen-bond donors (Lipinski definition) is 2. The van der Waals surface area contributed by atoms with Gasteiger partial charge in [0.15, 0.2) is 0 Å². The molecule has 0 fully saturated rings. The van der Waals surface area contributed by atoms with Gasteiger partial charge in [-0.3, -0.25) is 9.67 Å². The number of carboxylic acid groups (broad SMARTS) is 1. The second-order valence-electron chi connectivity index (χ2n) is 6.91. The Kier molecular flexibility index (Phi) is 5.06. The summed E-state index contributed by atoms with van der Waals surface area (Å²) >= 11 is 0. The molecule has 30 heavy (non-hydrogen) atoms. The van der Waals surface area contributed by atoms with E-state index in [0.717, 1.165) is 10.2 Å². The number of nitrogens with zero attached hydrogens (tertiary/aromatic N) is 3. The summed E-state index contributed by atoms with van der Waals surface area (Å²) in [5, 5.41) is 16.1. The highest BCUT2D eigenvalue weighted by molar-refractivity contribution is 5.93. The van der Waals surface area contributed by atoms with Crippen LogP contribution in [0.25, 0.3) is 11.1 Å². The van der Waals surface area contributed by atoms with E-state index in [2.05, 4.69) is 15.4 Å². The van der Waals surface area contributed by atoms with Crippen molar-refractivity contribution in [2.75, 3.05) is 18.5 Å². The lowest BCUT2D eigenvalue weighted by molar-refractivity contribution is -0.142. The number of pyridine rings is 1. The Bertz CT molecular complexity index is 1080. The van der Waals surface area contributed by atoms with Crippen molar-refractivity contribution in [3.63, 3.8) is 0 Å². The number of ether oxygens (including phenoxy) is 1. The Labute approximate surface area is 169 Å². The lowest BCUT2D eigenvalue weighted by atomic mass is 9.98. The van der Waals surface area contributed by atoms with E-state index in [1.807, 2.05) is 12.1 Å². The van der Waals surface area contributed by atoms with Crippen LogP contribution in [0.15, 0.2) is 49.1 Å². The van der Waals surface area contributed by atoms with Gasteiger partial charge in [0.2, 0.25) is 0 Å². The van der Waals surface area contributed by atoms with Gasteiger partial charge in [-0.1, -0.05) is 12.1 Å². The number of aromatic carboxylic acids is 1. The van der Waals surface area contributed by atoms with E-state index in [0.29, 0.717) is 35.7 Å². The summed E-state index contributed by atoms with van der Waals surface area (Å²) in [6.07, 6.45) is 1.28. The third kappa shape index (κ3) is 4.22. The minimum atomic E-state index is -4.33. The summed E-state index contributed by atoms with van der Waals surface area (Å²) in [6, 6.07) is 6.88. The molecule has 0 aliphatic carbocycles.